The molecule has 0 spiro atoms. The average molecular weight is 204 g/mol. The normalized spacial score (nSPS) is 10.6. The fourth-order valence-electron chi connectivity index (χ4n) is 1.47. The number of hydrazine groups is 1. The predicted molar refractivity (Wildman–Crippen MR) is 57.0 cm³/mol. The van der Waals surface area contributed by atoms with Crippen molar-refractivity contribution in [3.8, 4) is 0 Å². The number of hydrogen-bond donors (Lipinski definition) is 1. The minimum atomic E-state index is -0.220. The Labute approximate surface area is 87.1 Å². The molecule has 2 aromatic rings. The highest BCUT2D eigenvalue weighted by Crippen LogP contribution is 2.14. The van der Waals surface area contributed by atoms with Crippen molar-refractivity contribution in [2.75, 3.05) is 7.05 Å². The molecule has 1 heterocycles. The van der Waals surface area contributed by atoms with Crippen molar-refractivity contribution >= 4 is 16.9 Å². The smallest absolute Gasteiger partial charge is 0.267 e. The van der Waals surface area contributed by atoms with Gasteiger partial charge in [0.2, 0.25) is 0 Å². The van der Waals surface area contributed by atoms with Crippen LogP contribution in [-0.4, -0.2) is 27.5 Å². The molecule has 0 aliphatic heterocycles. The van der Waals surface area contributed by atoms with Crippen LogP contribution >= 0.6 is 0 Å². The van der Waals surface area contributed by atoms with Crippen molar-refractivity contribution in [2.24, 2.45) is 12.9 Å². The topological polar surface area (TPSA) is 64.2 Å². The predicted octanol–water partition coefficient (Wildman–Crippen LogP) is 0.519. The Morgan fingerprint density at radius 2 is 2.27 bits per heavy atom. The average Bonchev–Trinajstić information content (AvgIpc) is 2.59. The largest absolute Gasteiger partial charge is 0.334 e. The van der Waals surface area contributed by atoms with Crippen molar-refractivity contribution in [2.45, 2.75) is 0 Å². The Morgan fingerprint density at radius 1 is 1.53 bits per heavy atom. The second kappa shape index (κ2) is 3.36. The number of carbonyl (C=O) groups is 1. The van der Waals surface area contributed by atoms with Crippen molar-refractivity contribution in [1.82, 2.24) is 14.6 Å². The molecule has 0 fully saturated rings. The number of carbonyl (C=O) groups excluding carboxylic acids is 1. The number of amides is 1. The minimum absolute atomic E-state index is 0.220. The van der Waals surface area contributed by atoms with E-state index in [2.05, 4.69) is 4.98 Å². The first kappa shape index (κ1) is 9.67. The maximum atomic E-state index is 11.6. The monoisotopic (exact) mass is 204 g/mol. The van der Waals surface area contributed by atoms with Gasteiger partial charge in [0.15, 0.2) is 0 Å². The summed E-state index contributed by atoms with van der Waals surface area (Å²) in [5.74, 6) is 5.16. The summed E-state index contributed by atoms with van der Waals surface area (Å²) in [6.45, 7) is 0. The van der Waals surface area contributed by atoms with Gasteiger partial charge in [0.25, 0.3) is 5.91 Å². The Bertz CT molecular complexity index is 515. The fourth-order valence-corrected chi connectivity index (χ4v) is 1.47. The van der Waals surface area contributed by atoms with Crippen LogP contribution in [0.4, 0.5) is 0 Å². The van der Waals surface area contributed by atoms with Crippen molar-refractivity contribution in [3.63, 3.8) is 0 Å². The molecule has 0 atom stereocenters. The van der Waals surface area contributed by atoms with Gasteiger partial charge in [-0.3, -0.25) is 9.80 Å². The molecule has 1 aromatic heterocycles. The van der Waals surface area contributed by atoms with Gasteiger partial charge in [0.05, 0.1) is 17.4 Å². The zero-order valence-corrected chi connectivity index (χ0v) is 8.64. The Kier molecular flexibility index (Phi) is 2.17. The van der Waals surface area contributed by atoms with E-state index < -0.39 is 0 Å². The van der Waals surface area contributed by atoms with E-state index in [4.69, 9.17) is 5.84 Å². The van der Waals surface area contributed by atoms with Crippen LogP contribution in [0.25, 0.3) is 11.0 Å². The summed E-state index contributed by atoms with van der Waals surface area (Å²) < 4.78 is 1.90. The zero-order valence-electron chi connectivity index (χ0n) is 8.64. The molecule has 78 valence electrons. The van der Waals surface area contributed by atoms with Crippen LogP contribution in [0.15, 0.2) is 24.5 Å². The lowest BCUT2D eigenvalue weighted by Gasteiger charge is -2.09. The van der Waals surface area contributed by atoms with E-state index in [0.717, 1.165) is 16.0 Å². The lowest BCUT2D eigenvalue weighted by molar-refractivity contribution is 0.0795. The molecule has 0 aliphatic carbocycles. The van der Waals surface area contributed by atoms with Gasteiger partial charge in [-0.15, -0.1) is 0 Å². The first-order chi connectivity index (χ1) is 7.09. The maximum absolute atomic E-state index is 11.6. The molecule has 0 aliphatic rings. The van der Waals surface area contributed by atoms with E-state index >= 15 is 0 Å². The van der Waals surface area contributed by atoms with Crippen LogP contribution in [0, 0.1) is 0 Å². The van der Waals surface area contributed by atoms with Gasteiger partial charge >= 0.3 is 0 Å². The molecule has 5 heteroatoms. The van der Waals surface area contributed by atoms with Crippen molar-refractivity contribution in [1.29, 1.82) is 0 Å². The quantitative estimate of drug-likeness (QED) is 0.418. The van der Waals surface area contributed by atoms with E-state index in [1.54, 1.807) is 18.5 Å². The summed E-state index contributed by atoms with van der Waals surface area (Å²) in [4.78, 5) is 15.7. The summed E-state index contributed by atoms with van der Waals surface area (Å²) >= 11 is 0. The standard InChI is InChI=1S/C10H12N4O/c1-13-6-12-8-5-7(3-4-9(8)13)10(15)14(2)11/h3-6H,11H2,1-2H3. The lowest BCUT2D eigenvalue weighted by Crippen LogP contribution is -2.33. The van der Waals surface area contributed by atoms with Gasteiger partial charge < -0.3 is 4.57 Å². The first-order valence-corrected chi connectivity index (χ1v) is 4.53. The lowest BCUT2D eigenvalue weighted by atomic mass is 10.2. The number of nitrogens with two attached hydrogens (primary N) is 1. The highest BCUT2D eigenvalue weighted by Gasteiger charge is 2.10. The van der Waals surface area contributed by atoms with Crippen LogP contribution < -0.4 is 5.84 Å². The van der Waals surface area contributed by atoms with E-state index in [1.807, 2.05) is 17.7 Å². The van der Waals surface area contributed by atoms with E-state index in [-0.39, 0.29) is 5.91 Å². The van der Waals surface area contributed by atoms with E-state index in [9.17, 15) is 4.79 Å². The SMILES string of the molecule is CN(N)C(=O)c1ccc2c(c1)ncn2C. The summed E-state index contributed by atoms with van der Waals surface area (Å²) in [6, 6.07) is 5.34. The molecule has 0 saturated heterocycles. The number of rotatable bonds is 1. The van der Waals surface area contributed by atoms with Gasteiger partial charge in [-0.2, -0.15) is 0 Å². The third-order valence-electron chi connectivity index (χ3n) is 2.29. The molecule has 5 nitrogen and oxygen atoms in total. The maximum Gasteiger partial charge on any atom is 0.267 e. The highest BCUT2D eigenvalue weighted by molar-refractivity contribution is 5.96. The molecule has 2 N–H and O–H groups in total. The molecule has 0 unspecified atom stereocenters. The number of aryl methyl sites for hydroxylation is 1. The van der Waals surface area contributed by atoms with Gasteiger partial charge in [-0.25, -0.2) is 10.8 Å². The molecule has 0 bridgehead atoms. The molecular weight excluding hydrogens is 192 g/mol. The number of hydrogen-bond acceptors (Lipinski definition) is 3. The summed E-state index contributed by atoms with van der Waals surface area (Å²) in [7, 11) is 3.43. The molecule has 1 amide bonds. The van der Waals surface area contributed by atoms with Gasteiger partial charge in [-0.05, 0) is 18.2 Å². The molecule has 0 radical (unpaired) electrons. The van der Waals surface area contributed by atoms with Crippen molar-refractivity contribution in [3.05, 3.63) is 30.1 Å². The Balaban J connectivity index is 2.52. The Morgan fingerprint density at radius 3 is 2.93 bits per heavy atom. The van der Waals surface area contributed by atoms with Gasteiger partial charge in [0, 0.05) is 19.7 Å². The second-order valence-electron chi connectivity index (χ2n) is 3.48. The second-order valence-corrected chi connectivity index (χ2v) is 3.48. The van der Waals surface area contributed by atoms with Crippen LogP contribution in [0.3, 0.4) is 0 Å². The summed E-state index contributed by atoms with van der Waals surface area (Å²) in [5.41, 5.74) is 2.34. The van der Waals surface area contributed by atoms with E-state index in [1.165, 1.54) is 7.05 Å². The molecule has 0 saturated carbocycles. The number of nitrogens with zero attached hydrogens (tertiary/aromatic N) is 3. The van der Waals surface area contributed by atoms with Crippen LogP contribution in [0.2, 0.25) is 0 Å². The first-order valence-electron chi connectivity index (χ1n) is 4.53. The van der Waals surface area contributed by atoms with Crippen LogP contribution in [-0.2, 0) is 7.05 Å². The highest BCUT2D eigenvalue weighted by atomic mass is 16.2. The van der Waals surface area contributed by atoms with E-state index in [0.29, 0.717) is 5.56 Å². The van der Waals surface area contributed by atoms with Gasteiger partial charge in [0.1, 0.15) is 0 Å². The number of fused-ring (bicyclic) bond motifs is 1. The third-order valence-corrected chi connectivity index (χ3v) is 2.29. The fraction of sp³-hybridized carbons (Fsp3) is 0.200. The third kappa shape index (κ3) is 1.57. The number of aromatic nitrogens is 2. The Hall–Kier alpha value is -1.88. The molecule has 15 heavy (non-hydrogen) atoms. The minimum Gasteiger partial charge on any atom is -0.334 e. The van der Waals surface area contributed by atoms with Crippen LogP contribution in [0.1, 0.15) is 10.4 Å². The molecule has 1 aromatic carbocycles. The zero-order chi connectivity index (χ0) is 11.0. The summed E-state index contributed by atoms with van der Waals surface area (Å²) in [5, 5.41) is 1.06. The number of benzene rings is 1. The molecule has 2 rings (SSSR count). The van der Waals surface area contributed by atoms with Crippen molar-refractivity contribution < 1.29 is 4.79 Å². The van der Waals surface area contributed by atoms with Gasteiger partial charge in [-0.1, -0.05) is 0 Å². The number of imidazole rings is 1. The summed E-state index contributed by atoms with van der Waals surface area (Å²) in [6.07, 6.45) is 1.71. The van der Waals surface area contributed by atoms with Crippen LogP contribution in [0.5, 0.6) is 0 Å². The molecular formula is C10H12N4O.